The Morgan fingerprint density at radius 3 is 2.93 bits per heavy atom. The number of carboxylic acid groups (broad SMARTS) is 1. The molecule has 0 aliphatic carbocycles. The van der Waals surface area contributed by atoms with Crippen LogP contribution in [-0.4, -0.2) is 17.0 Å². The molecule has 1 unspecified atom stereocenters. The highest BCUT2D eigenvalue weighted by atomic mass is 16.4. The number of benzene rings is 1. The minimum atomic E-state index is -1.10. The minimum Gasteiger partial charge on any atom is -0.481 e. The fourth-order valence-corrected chi connectivity index (χ4v) is 1.62. The average molecular weight is 206 g/mol. The van der Waals surface area contributed by atoms with Gasteiger partial charge in [-0.25, -0.2) is 0 Å². The van der Waals surface area contributed by atoms with Gasteiger partial charge in [0.15, 0.2) is 0 Å². The summed E-state index contributed by atoms with van der Waals surface area (Å²) in [5, 5.41) is 11.3. The highest BCUT2D eigenvalue weighted by Gasteiger charge is 2.31. The predicted molar refractivity (Wildman–Crippen MR) is 54.3 cm³/mol. The molecular weight excluding hydrogens is 196 g/mol. The van der Waals surface area contributed by atoms with Crippen molar-refractivity contribution in [2.75, 3.05) is 11.1 Å². The molecule has 5 nitrogen and oxygen atoms in total. The zero-order valence-electron chi connectivity index (χ0n) is 7.86. The standard InChI is InChI=1S/C10H10N2O3/c11-6-2-1-5-3-7(10(14)15)9(13)12-8(5)4-6/h1-2,4,7H,3,11H2,(H,12,13)(H,14,15). The molecule has 1 heterocycles. The number of carbonyl (C=O) groups excluding carboxylic acids is 1. The van der Waals surface area contributed by atoms with Crippen LogP contribution in [0.4, 0.5) is 11.4 Å². The highest BCUT2D eigenvalue weighted by molar-refractivity contribution is 6.06. The van der Waals surface area contributed by atoms with Gasteiger partial charge in [0, 0.05) is 11.4 Å². The number of aliphatic carboxylic acids is 1. The molecule has 0 bridgehead atoms. The average Bonchev–Trinajstić information content (AvgIpc) is 2.15. The summed E-state index contributed by atoms with van der Waals surface area (Å²) in [6, 6.07) is 5.06. The van der Waals surface area contributed by atoms with Crippen molar-refractivity contribution >= 4 is 23.3 Å². The van der Waals surface area contributed by atoms with Crippen LogP contribution in [0, 0.1) is 5.92 Å². The molecule has 1 aromatic rings. The second-order valence-electron chi connectivity index (χ2n) is 3.50. The minimum absolute atomic E-state index is 0.219. The van der Waals surface area contributed by atoms with E-state index in [9.17, 15) is 9.59 Å². The topological polar surface area (TPSA) is 92.4 Å². The van der Waals surface area contributed by atoms with Crippen LogP contribution in [0.25, 0.3) is 0 Å². The van der Waals surface area contributed by atoms with Crippen molar-refractivity contribution in [2.24, 2.45) is 5.92 Å². The van der Waals surface area contributed by atoms with Crippen molar-refractivity contribution in [2.45, 2.75) is 6.42 Å². The Morgan fingerprint density at radius 1 is 1.53 bits per heavy atom. The number of fused-ring (bicyclic) bond motifs is 1. The van der Waals surface area contributed by atoms with Crippen molar-refractivity contribution in [1.82, 2.24) is 0 Å². The van der Waals surface area contributed by atoms with Crippen molar-refractivity contribution < 1.29 is 14.7 Å². The number of carboxylic acids is 1. The van der Waals surface area contributed by atoms with Gasteiger partial charge in [0.1, 0.15) is 5.92 Å². The van der Waals surface area contributed by atoms with E-state index < -0.39 is 17.8 Å². The first-order valence-electron chi connectivity index (χ1n) is 4.50. The fourth-order valence-electron chi connectivity index (χ4n) is 1.62. The number of nitrogen functional groups attached to an aromatic ring is 1. The fraction of sp³-hybridized carbons (Fsp3) is 0.200. The van der Waals surface area contributed by atoms with Gasteiger partial charge >= 0.3 is 5.97 Å². The van der Waals surface area contributed by atoms with E-state index in [1.807, 2.05) is 0 Å². The lowest BCUT2D eigenvalue weighted by Gasteiger charge is -2.21. The van der Waals surface area contributed by atoms with Gasteiger partial charge in [-0.05, 0) is 24.1 Å². The van der Waals surface area contributed by atoms with Gasteiger partial charge in [0.05, 0.1) is 0 Å². The molecule has 0 spiro atoms. The first kappa shape index (κ1) is 9.51. The zero-order chi connectivity index (χ0) is 11.0. The van der Waals surface area contributed by atoms with Crippen LogP contribution in [0.2, 0.25) is 0 Å². The molecule has 2 rings (SSSR count). The SMILES string of the molecule is Nc1ccc2c(c1)NC(=O)C(C(=O)O)C2. The summed E-state index contributed by atoms with van der Waals surface area (Å²) in [5.41, 5.74) is 7.51. The predicted octanol–water partition coefficient (Wildman–Crippen LogP) is 0.464. The number of anilines is 2. The van der Waals surface area contributed by atoms with Crippen molar-refractivity contribution in [1.29, 1.82) is 0 Å². The Morgan fingerprint density at radius 2 is 2.27 bits per heavy atom. The summed E-state index contributed by atoms with van der Waals surface area (Å²) >= 11 is 0. The van der Waals surface area contributed by atoms with Crippen molar-refractivity contribution in [3.63, 3.8) is 0 Å². The number of hydrogen-bond acceptors (Lipinski definition) is 3. The first-order chi connectivity index (χ1) is 7.08. The van der Waals surface area contributed by atoms with Gasteiger partial charge < -0.3 is 16.2 Å². The second kappa shape index (κ2) is 3.27. The van der Waals surface area contributed by atoms with Gasteiger partial charge in [-0.3, -0.25) is 9.59 Å². The molecule has 1 aliphatic rings. The maximum absolute atomic E-state index is 11.4. The van der Waals surface area contributed by atoms with E-state index >= 15 is 0 Å². The normalized spacial score (nSPS) is 19.2. The quantitative estimate of drug-likeness (QED) is 0.460. The smallest absolute Gasteiger partial charge is 0.316 e. The lowest BCUT2D eigenvalue weighted by Crippen LogP contribution is -2.35. The van der Waals surface area contributed by atoms with E-state index in [4.69, 9.17) is 10.8 Å². The van der Waals surface area contributed by atoms with Crippen LogP contribution >= 0.6 is 0 Å². The summed E-state index contributed by atoms with van der Waals surface area (Å²) in [6.45, 7) is 0. The molecule has 1 amide bonds. The monoisotopic (exact) mass is 206 g/mol. The van der Waals surface area contributed by atoms with E-state index in [0.29, 0.717) is 11.4 Å². The largest absolute Gasteiger partial charge is 0.481 e. The van der Waals surface area contributed by atoms with Crippen LogP contribution < -0.4 is 11.1 Å². The summed E-state index contributed by atoms with van der Waals surface area (Å²) in [4.78, 5) is 22.1. The van der Waals surface area contributed by atoms with Gasteiger partial charge in [-0.1, -0.05) is 6.07 Å². The van der Waals surface area contributed by atoms with E-state index in [2.05, 4.69) is 5.32 Å². The van der Waals surface area contributed by atoms with Crippen molar-refractivity contribution in [3.05, 3.63) is 23.8 Å². The van der Waals surface area contributed by atoms with Crippen LogP contribution in [0.3, 0.4) is 0 Å². The molecular formula is C10H10N2O3. The van der Waals surface area contributed by atoms with Gasteiger partial charge in [-0.2, -0.15) is 0 Å². The molecule has 0 radical (unpaired) electrons. The number of rotatable bonds is 1. The Bertz CT molecular complexity index is 442. The van der Waals surface area contributed by atoms with Crippen LogP contribution in [0.1, 0.15) is 5.56 Å². The number of carbonyl (C=O) groups is 2. The van der Waals surface area contributed by atoms with E-state index in [1.54, 1.807) is 18.2 Å². The molecule has 1 aliphatic heterocycles. The Balaban J connectivity index is 2.38. The first-order valence-corrected chi connectivity index (χ1v) is 4.50. The zero-order valence-corrected chi connectivity index (χ0v) is 7.86. The summed E-state index contributed by atoms with van der Waals surface area (Å²) < 4.78 is 0. The number of nitrogens with two attached hydrogens (primary N) is 1. The molecule has 78 valence electrons. The molecule has 15 heavy (non-hydrogen) atoms. The Kier molecular flexibility index (Phi) is 2.07. The summed E-state index contributed by atoms with van der Waals surface area (Å²) in [5.74, 6) is -2.59. The maximum atomic E-state index is 11.4. The molecule has 1 atom stereocenters. The number of nitrogens with one attached hydrogen (secondary N) is 1. The molecule has 4 N–H and O–H groups in total. The Hall–Kier alpha value is -2.04. The van der Waals surface area contributed by atoms with E-state index in [1.165, 1.54) is 0 Å². The lowest BCUT2D eigenvalue weighted by atomic mass is 9.93. The lowest BCUT2D eigenvalue weighted by molar-refractivity contribution is -0.145. The third kappa shape index (κ3) is 1.63. The highest BCUT2D eigenvalue weighted by Crippen LogP contribution is 2.27. The molecule has 0 saturated heterocycles. The summed E-state index contributed by atoms with van der Waals surface area (Å²) in [6.07, 6.45) is 0.219. The van der Waals surface area contributed by atoms with Crippen LogP contribution in [0.5, 0.6) is 0 Å². The van der Waals surface area contributed by atoms with Gasteiger partial charge in [-0.15, -0.1) is 0 Å². The number of hydrogen-bond donors (Lipinski definition) is 3. The van der Waals surface area contributed by atoms with E-state index in [0.717, 1.165) is 5.56 Å². The second-order valence-corrected chi connectivity index (χ2v) is 3.50. The molecule has 5 heteroatoms. The van der Waals surface area contributed by atoms with E-state index in [-0.39, 0.29) is 6.42 Å². The third-order valence-corrected chi connectivity index (χ3v) is 2.43. The third-order valence-electron chi connectivity index (χ3n) is 2.43. The van der Waals surface area contributed by atoms with Crippen molar-refractivity contribution in [3.8, 4) is 0 Å². The van der Waals surface area contributed by atoms with Gasteiger partial charge in [0.2, 0.25) is 5.91 Å². The van der Waals surface area contributed by atoms with Crippen LogP contribution in [-0.2, 0) is 16.0 Å². The molecule has 0 aromatic heterocycles. The number of amides is 1. The van der Waals surface area contributed by atoms with Gasteiger partial charge in [0.25, 0.3) is 0 Å². The maximum Gasteiger partial charge on any atom is 0.316 e. The molecule has 0 saturated carbocycles. The Labute approximate surface area is 85.9 Å². The molecule has 0 fully saturated rings. The molecule has 1 aromatic carbocycles. The van der Waals surface area contributed by atoms with Crippen LogP contribution in [0.15, 0.2) is 18.2 Å². The summed E-state index contributed by atoms with van der Waals surface area (Å²) in [7, 11) is 0.